The van der Waals surface area contributed by atoms with E-state index in [0.717, 1.165) is 49.9 Å². The molecule has 1 fully saturated rings. The van der Waals surface area contributed by atoms with E-state index in [4.69, 9.17) is 4.74 Å². The molecule has 144 valence electrons. The number of nitrogens with zero attached hydrogens (tertiary/aromatic N) is 1. The van der Waals surface area contributed by atoms with Crippen LogP contribution in [0.15, 0.2) is 29.2 Å². The van der Waals surface area contributed by atoms with Crippen LogP contribution in [-0.2, 0) is 24.3 Å². The van der Waals surface area contributed by atoms with Gasteiger partial charge in [-0.15, -0.1) is 0 Å². The summed E-state index contributed by atoms with van der Waals surface area (Å²) in [6.45, 7) is 1.64. The Kier molecular flexibility index (Phi) is 7.10. The fourth-order valence-electron chi connectivity index (χ4n) is 2.88. The van der Waals surface area contributed by atoms with Gasteiger partial charge in [-0.25, -0.2) is 12.8 Å². The number of nitrogens with one attached hydrogen (secondary N) is 1. The van der Waals surface area contributed by atoms with Crippen LogP contribution in [0.3, 0.4) is 0 Å². The van der Waals surface area contributed by atoms with Crippen LogP contribution < -0.4 is 4.72 Å². The number of hydrogen-bond donors (Lipinski definition) is 1. The molecule has 1 aromatic carbocycles. The van der Waals surface area contributed by atoms with Crippen LogP contribution in [0.4, 0.5) is 4.39 Å². The Morgan fingerprint density at radius 1 is 1.27 bits per heavy atom. The quantitative estimate of drug-likeness (QED) is 0.716. The van der Waals surface area contributed by atoms with Crippen molar-refractivity contribution in [2.75, 3.05) is 19.7 Å². The lowest BCUT2D eigenvalue weighted by molar-refractivity contribution is -0.152. The van der Waals surface area contributed by atoms with Gasteiger partial charge in [0.15, 0.2) is 6.61 Å². The van der Waals surface area contributed by atoms with Crippen molar-refractivity contribution in [2.24, 2.45) is 0 Å². The topological polar surface area (TPSA) is 92.8 Å². The van der Waals surface area contributed by atoms with E-state index in [-0.39, 0.29) is 16.8 Å². The molecule has 1 atom stereocenters. The lowest BCUT2D eigenvalue weighted by Gasteiger charge is -2.35. The molecule has 0 aliphatic carbocycles. The molecular weight excluding hydrogens is 363 g/mol. The maximum atomic E-state index is 12.8. The van der Waals surface area contributed by atoms with E-state index in [1.807, 2.05) is 6.92 Å². The summed E-state index contributed by atoms with van der Waals surface area (Å²) in [5.41, 5.74) is 0. The number of benzene rings is 1. The van der Waals surface area contributed by atoms with Gasteiger partial charge in [-0.2, -0.15) is 4.72 Å². The Morgan fingerprint density at radius 2 is 1.96 bits per heavy atom. The molecule has 0 bridgehead atoms. The number of carbonyl (C=O) groups excluding carboxylic acids is 2. The fraction of sp³-hybridized carbons (Fsp3) is 0.529. The Labute approximate surface area is 152 Å². The van der Waals surface area contributed by atoms with Crippen LogP contribution in [-0.4, -0.2) is 50.9 Å². The van der Waals surface area contributed by atoms with Crippen LogP contribution in [0, 0.1) is 5.82 Å². The summed E-state index contributed by atoms with van der Waals surface area (Å²) < 4.78 is 43.8. The molecule has 1 saturated heterocycles. The van der Waals surface area contributed by atoms with Gasteiger partial charge in [0.25, 0.3) is 5.91 Å². The molecule has 0 spiro atoms. The molecule has 0 aromatic heterocycles. The minimum Gasteiger partial charge on any atom is -0.455 e. The number of hydrogen-bond acceptors (Lipinski definition) is 5. The van der Waals surface area contributed by atoms with Gasteiger partial charge in [-0.05, 0) is 49.9 Å². The molecule has 1 N–H and O–H groups in total. The average Bonchev–Trinajstić information content (AvgIpc) is 2.64. The third-order valence-electron chi connectivity index (χ3n) is 4.31. The predicted octanol–water partition coefficient (Wildman–Crippen LogP) is 1.44. The van der Waals surface area contributed by atoms with Crippen molar-refractivity contribution in [3.05, 3.63) is 30.1 Å². The minimum absolute atomic E-state index is 0.159. The van der Waals surface area contributed by atoms with Gasteiger partial charge < -0.3 is 9.64 Å². The number of likely N-dealkylation sites (tertiary alicyclic amines) is 1. The predicted molar refractivity (Wildman–Crippen MR) is 92.2 cm³/mol. The van der Waals surface area contributed by atoms with Gasteiger partial charge >= 0.3 is 5.97 Å². The molecule has 1 heterocycles. The number of piperidine rings is 1. The zero-order chi connectivity index (χ0) is 19.2. The van der Waals surface area contributed by atoms with Crippen LogP contribution in [0.25, 0.3) is 0 Å². The smallest absolute Gasteiger partial charge is 0.321 e. The zero-order valence-electron chi connectivity index (χ0n) is 14.6. The number of amides is 1. The maximum Gasteiger partial charge on any atom is 0.321 e. The number of halogens is 1. The number of rotatable bonds is 7. The SMILES string of the molecule is CC[C@H]1CCCCN1C(=O)COC(=O)CNS(=O)(=O)c1ccc(F)cc1. The lowest BCUT2D eigenvalue weighted by Crippen LogP contribution is -2.45. The highest BCUT2D eigenvalue weighted by Gasteiger charge is 2.26. The highest BCUT2D eigenvalue weighted by Crippen LogP contribution is 2.19. The van der Waals surface area contributed by atoms with Gasteiger partial charge in [0, 0.05) is 12.6 Å². The number of sulfonamides is 1. The monoisotopic (exact) mass is 386 g/mol. The van der Waals surface area contributed by atoms with Crippen molar-refractivity contribution in [2.45, 2.75) is 43.5 Å². The molecule has 1 amide bonds. The van der Waals surface area contributed by atoms with Gasteiger partial charge in [0.1, 0.15) is 12.4 Å². The van der Waals surface area contributed by atoms with E-state index < -0.39 is 35.0 Å². The molecule has 7 nitrogen and oxygen atoms in total. The van der Waals surface area contributed by atoms with Gasteiger partial charge in [0.05, 0.1) is 4.90 Å². The Morgan fingerprint density at radius 3 is 2.62 bits per heavy atom. The van der Waals surface area contributed by atoms with E-state index in [9.17, 15) is 22.4 Å². The molecule has 9 heteroatoms. The molecule has 2 rings (SSSR count). The van der Waals surface area contributed by atoms with Gasteiger partial charge in [0.2, 0.25) is 10.0 Å². The van der Waals surface area contributed by atoms with Crippen molar-refractivity contribution in [1.29, 1.82) is 0 Å². The molecule has 0 radical (unpaired) electrons. The highest BCUT2D eigenvalue weighted by molar-refractivity contribution is 7.89. The normalized spacial score (nSPS) is 17.8. The van der Waals surface area contributed by atoms with Crippen LogP contribution >= 0.6 is 0 Å². The molecule has 0 saturated carbocycles. The summed E-state index contributed by atoms with van der Waals surface area (Å²) in [5, 5.41) is 0. The number of esters is 1. The summed E-state index contributed by atoms with van der Waals surface area (Å²) in [6, 6.07) is 4.36. The van der Waals surface area contributed by atoms with Gasteiger partial charge in [-0.1, -0.05) is 6.92 Å². The summed E-state index contributed by atoms with van der Waals surface area (Å²) in [7, 11) is -3.96. The average molecular weight is 386 g/mol. The summed E-state index contributed by atoms with van der Waals surface area (Å²) in [5.74, 6) is -1.69. The third-order valence-corrected chi connectivity index (χ3v) is 5.72. The van der Waals surface area contributed by atoms with Crippen LogP contribution in [0.5, 0.6) is 0 Å². The molecule has 1 aromatic rings. The first-order valence-corrected chi connectivity index (χ1v) is 10.0. The lowest BCUT2D eigenvalue weighted by atomic mass is 10.00. The standard InChI is InChI=1S/C17H23FN2O5S/c1-2-14-5-3-4-10-20(14)16(21)12-25-17(22)11-19-26(23,24)15-8-6-13(18)7-9-15/h6-9,14,19H,2-5,10-12H2,1H3/t14-/m0/s1. The minimum atomic E-state index is -3.96. The number of ether oxygens (including phenoxy) is 1. The van der Waals surface area contributed by atoms with E-state index in [1.165, 1.54) is 0 Å². The van der Waals surface area contributed by atoms with E-state index in [0.29, 0.717) is 6.54 Å². The van der Waals surface area contributed by atoms with E-state index in [2.05, 4.69) is 4.72 Å². The number of carbonyl (C=O) groups is 2. The first-order valence-electron chi connectivity index (χ1n) is 8.54. The van der Waals surface area contributed by atoms with Crippen molar-refractivity contribution >= 4 is 21.9 Å². The van der Waals surface area contributed by atoms with Crippen molar-refractivity contribution in [1.82, 2.24) is 9.62 Å². The molecule has 0 unspecified atom stereocenters. The van der Waals surface area contributed by atoms with Crippen LogP contribution in [0.2, 0.25) is 0 Å². The van der Waals surface area contributed by atoms with E-state index >= 15 is 0 Å². The summed E-state index contributed by atoms with van der Waals surface area (Å²) in [4.78, 5) is 25.5. The third kappa shape index (κ3) is 5.50. The Bertz CT molecular complexity index is 736. The van der Waals surface area contributed by atoms with E-state index in [1.54, 1.807) is 4.90 Å². The second-order valence-electron chi connectivity index (χ2n) is 6.08. The molecule has 1 aliphatic rings. The zero-order valence-corrected chi connectivity index (χ0v) is 15.4. The summed E-state index contributed by atoms with van der Waals surface area (Å²) in [6.07, 6.45) is 3.78. The van der Waals surface area contributed by atoms with Crippen LogP contribution in [0.1, 0.15) is 32.6 Å². The Balaban J connectivity index is 1.81. The van der Waals surface area contributed by atoms with Crippen molar-refractivity contribution < 1.29 is 27.1 Å². The molecule has 26 heavy (non-hydrogen) atoms. The van der Waals surface area contributed by atoms with Crippen molar-refractivity contribution in [3.63, 3.8) is 0 Å². The maximum absolute atomic E-state index is 12.8. The highest BCUT2D eigenvalue weighted by atomic mass is 32.2. The van der Waals surface area contributed by atoms with Gasteiger partial charge in [-0.3, -0.25) is 9.59 Å². The summed E-state index contributed by atoms with van der Waals surface area (Å²) >= 11 is 0. The molecular formula is C17H23FN2O5S. The fourth-order valence-corrected chi connectivity index (χ4v) is 3.85. The van der Waals surface area contributed by atoms with Crippen molar-refractivity contribution in [3.8, 4) is 0 Å². The largest absolute Gasteiger partial charge is 0.455 e. The first-order chi connectivity index (χ1) is 12.3. The second kappa shape index (κ2) is 9.09. The first kappa shape index (κ1) is 20.3. The second-order valence-corrected chi connectivity index (χ2v) is 7.85. The Hall–Kier alpha value is -2.00. The molecule has 1 aliphatic heterocycles.